The van der Waals surface area contributed by atoms with Crippen LogP contribution in [0.3, 0.4) is 0 Å². The highest BCUT2D eigenvalue weighted by Gasteiger charge is 2.27. The number of hydrogen-bond donors (Lipinski definition) is 1. The topological polar surface area (TPSA) is 52.7 Å². The molecule has 0 bridgehead atoms. The lowest BCUT2D eigenvalue weighted by molar-refractivity contribution is -0.131. The molecule has 6 heteroatoms. The van der Waals surface area contributed by atoms with Crippen LogP contribution in [0.4, 0.5) is 15.8 Å². The minimum absolute atomic E-state index is 0.000848. The molecule has 0 spiro atoms. The number of halogens is 1. The second-order valence-corrected chi connectivity index (χ2v) is 5.38. The minimum Gasteiger partial charge on any atom is -0.374 e. The zero-order valence-electron chi connectivity index (χ0n) is 13.1. The Morgan fingerprint density at radius 3 is 2.64 bits per heavy atom. The summed E-state index contributed by atoms with van der Waals surface area (Å²) >= 11 is 0. The Kier molecular flexibility index (Phi) is 5.35. The molecule has 5 nitrogen and oxygen atoms in total. The van der Waals surface area contributed by atoms with Crippen molar-refractivity contribution in [2.24, 2.45) is 0 Å². The third-order valence-corrected chi connectivity index (χ3v) is 3.61. The minimum atomic E-state index is -0.370. The molecule has 0 aliphatic carbocycles. The molecular formula is C16H22FN3O2. The Morgan fingerprint density at radius 1 is 1.32 bits per heavy atom. The molecule has 0 radical (unpaired) electrons. The molecule has 0 aromatic heterocycles. The molecule has 1 N–H and O–H groups in total. The highest BCUT2D eigenvalue weighted by molar-refractivity contribution is 6.05. The third kappa shape index (κ3) is 3.55. The Morgan fingerprint density at radius 2 is 2.00 bits per heavy atom. The van der Waals surface area contributed by atoms with Gasteiger partial charge in [0.15, 0.2) is 0 Å². The van der Waals surface area contributed by atoms with E-state index in [0.717, 1.165) is 12.8 Å². The van der Waals surface area contributed by atoms with Gasteiger partial charge in [-0.25, -0.2) is 4.39 Å². The molecule has 1 heterocycles. The van der Waals surface area contributed by atoms with Crippen LogP contribution in [0, 0.1) is 5.82 Å². The number of benzene rings is 1. The summed E-state index contributed by atoms with van der Waals surface area (Å²) in [4.78, 5) is 27.8. The van der Waals surface area contributed by atoms with Crippen molar-refractivity contribution in [3.8, 4) is 0 Å². The summed E-state index contributed by atoms with van der Waals surface area (Å²) in [6.45, 7) is 5.48. The number of nitrogens with zero attached hydrogens (tertiary/aromatic N) is 2. The molecule has 2 amide bonds. The van der Waals surface area contributed by atoms with E-state index in [9.17, 15) is 14.0 Å². The second kappa shape index (κ2) is 7.24. The van der Waals surface area contributed by atoms with Crippen molar-refractivity contribution in [3.05, 3.63) is 24.0 Å². The zero-order chi connectivity index (χ0) is 16.1. The van der Waals surface area contributed by atoms with Crippen molar-refractivity contribution in [3.63, 3.8) is 0 Å². The van der Waals surface area contributed by atoms with E-state index in [0.29, 0.717) is 24.5 Å². The smallest absolute Gasteiger partial charge is 0.246 e. The van der Waals surface area contributed by atoms with E-state index in [4.69, 9.17) is 0 Å². The molecule has 2 rings (SSSR count). The monoisotopic (exact) mass is 307 g/mol. The normalized spacial score (nSPS) is 13.6. The summed E-state index contributed by atoms with van der Waals surface area (Å²) in [6.07, 6.45) is 1.76. The van der Waals surface area contributed by atoms with Crippen molar-refractivity contribution >= 4 is 23.2 Å². The predicted molar refractivity (Wildman–Crippen MR) is 84.4 cm³/mol. The Labute approximate surface area is 130 Å². The van der Waals surface area contributed by atoms with Gasteiger partial charge in [-0.15, -0.1) is 0 Å². The van der Waals surface area contributed by atoms with Gasteiger partial charge in [0.1, 0.15) is 12.4 Å². The average Bonchev–Trinajstić information content (AvgIpc) is 2.49. The summed E-state index contributed by atoms with van der Waals surface area (Å²) in [7, 11) is 0. The Balaban J connectivity index is 2.18. The molecule has 1 aliphatic rings. The molecular weight excluding hydrogens is 285 g/mol. The van der Waals surface area contributed by atoms with Gasteiger partial charge in [-0.1, -0.05) is 13.8 Å². The fourth-order valence-corrected chi connectivity index (χ4v) is 2.60. The number of nitrogens with one attached hydrogen (secondary N) is 1. The van der Waals surface area contributed by atoms with Crippen LogP contribution in [-0.4, -0.2) is 42.9 Å². The molecule has 0 atom stereocenters. The number of amides is 2. The maximum atomic E-state index is 13.3. The number of anilines is 2. The molecule has 1 aliphatic heterocycles. The predicted octanol–water partition coefficient (Wildman–Crippen LogP) is 2.23. The van der Waals surface area contributed by atoms with Gasteiger partial charge < -0.3 is 10.2 Å². The van der Waals surface area contributed by atoms with Gasteiger partial charge in [-0.3, -0.25) is 14.5 Å². The van der Waals surface area contributed by atoms with E-state index in [1.807, 2.05) is 13.8 Å². The summed E-state index contributed by atoms with van der Waals surface area (Å²) < 4.78 is 13.3. The van der Waals surface area contributed by atoms with Crippen molar-refractivity contribution in [2.75, 3.05) is 36.4 Å². The fourth-order valence-electron chi connectivity index (χ4n) is 2.60. The number of rotatable bonds is 6. The second-order valence-electron chi connectivity index (χ2n) is 5.38. The largest absolute Gasteiger partial charge is 0.374 e. The lowest BCUT2D eigenvalue weighted by Gasteiger charge is -2.32. The van der Waals surface area contributed by atoms with Crippen molar-refractivity contribution in [1.82, 2.24) is 4.90 Å². The van der Waals surface area contributed by atoms with E-state index in [2.05, 4.69) is 5.32 Å². The van der Waals surface area contributed by atoms with Crippen LogP contribution in [-0.2, 0) is 9.59 Å². The molecule has 22 heavy (non-hydrogen) atoms. The first-order chi connectivity index (χ1) is 10.6. The van der Waals surface area contributed by atoms with Gasteiger partial charge in [0, 0.05) is 13.1 Å². The van der Waals surface area contributed by atoms with Crippen molar-refractivity contribution in [1.29, 1.82) is 0 Å². The van der Waals surface area contributed by atoms with Gasteiger partial charge >= 0.3 is 0 Å². The SMILES string of the molecule is CCCN(CCC)C(=O)CN1C(=O)CNc2cc(F)ccc21. The van der Waals surface area contributed by atoms with E-state index in [1.165, 1.54) is 23.1 Å². The molecule has 1 aromatic rings. The first-order valence-electron chi connectivity index (χ1n) is 7.68. The van der Waals surface area contributed by atoms with Crippen molar-refractivity contribution < 1.29 is 14.0 Å². The van der Waals surface area contributed by atoms with Crippen LogP contribution in [0.15, 0.2) is 18.2 Å². The summed E-state index contributed by atoms with van der Waals surface area (Å²) in [6, 6.07) is 4.17. The van der Waals surface area contributed by atoms with Crippen LogP contribution in [0.5, 0.6) is 0 Å². The lowest BCUT2D eigenvalue weighted by atomic mass is 10.2. The highest BCUT2D eigenvalue weighted by atomic mass is 19.1. The maximum absolute atomic E-state index is 13.3. The summed E-state index contributed by atoms with van der Waals surface area (Å²) in [5.41, 5.74) is 1.10. The third-order valence-electron chi connectivity index (χ3n) is 3.61. The molecule has 120 valence electrons. The number of carbonyl (C=O) groups is 2. The standard InChI is InChI=1S/C16H22FN3O2/c1-3-7-19(8-4-2)16(22)11-20-14-6-5-12(17)9-13(14)18-10-15(20)21/h5-6,9,18H,3-4,7-8,10-11H2,1-2H3. The van der Waals surface area contributed by atoms with Crippen LogP contribution in [0.25, 0.3) is 0 Å². The first-order valence-corrected chi connectivity index (χ1v) is 7.68. The molecule has 1 aromatic carbocycles. The number of hydrogen-bond acceptors (Lipinski definition) is 3. The van der Waals surface area contributed by atoms with Crippen molar-refractivity contribution in [2.45, 2.75) is 26.7 Å². The van der Waals surface area contributed by atoms with Gasteiger partial charge in [-0.2, -0.15) is 0 Å². The summed E-state index contributed by atoms with van der Waals surface area (Å²) in [5, 5.41) is 2.88. The quantitative estimate of drug-likeness (QED) is 0.877. The van der Waals surface area contributed by atoms with E-state index in [1.54, 1.807) is 4.90 Å². The number of carbonyl (C=O) groups excluding carboxylic acids is 2. The van der Waals surface area contributed by atoms with Crippen LogP contribution >= 0.6 is 0 Å². The molecule has 0 unspecified atom stereocenters. The van der Waals surface area contributed by atoms with Gasteiger partial charge in [0.2, 0.25) is 11.8 Å². The Bertz CT molecular complexity index is 556. The lowest BCUT2D eigenvalue weighted by Crippen LogP contribution is -2.47. The van der Waals surface area contributed by atoms with Gasteiger partial charge in [-0.05, 0) is 31.0 Å². The van der Waals surface area contributed by atoms with E-state index < -0.39 is 0 Å². The zero-order valence-corrected chi connectivity index (χ0v) is 13.1. The molecule has 0 fully saturated rings. The molecule has 0 saturated carbocycles. The Hall–Kier alpha value is -2.11. The summed E-state index contributed by atoms with van der Waals surface area (Å²) in [5.74, 6) is -0.625. The van der Waals surface area contributed by atoms with E-state index >= 15 is 0 Å². The number of fused-ring (bicyclic) bond motifs is 1. The highest BCUT2D eigenvalue weighted by Crippen LogP contribution is 2.30. The van der Waals surface area contributed by atoms with Crippen LogP contribution < -0.4 is 10.2 Å². The molecule has 0 saturated heterocycles. The average molecular weight is 307 g/mol. The van der Waals surface area contributed by atoms with Crippen LogP contribution in [0.1, 0.15) is 26.7 Å². The van der Waals surface area contributed by atoms with Gasteiger partial charge in [0.05, 0.1) is 17.9 Å². The van der Waals surface area contributed by atoms with Gasteiger partial charge in [0.25, 0.3) is 0 Å². The maximum Gasteiger partial charge on any atom is 0.246 e. The fraction of sp³-hybridized carbons (Fsp3) is 0.500. The first kappa shape index (κ1) is 16.3. The van der Waals surface area contributed by atoms with Crippen LogP contribution in [0.2, 0.25) is 0 Å². The van der Waals surface area contributed by atoms with E-state index in [-0.39, 0.29) is 30.7 Å².